The third kappa shape index (κ3) is 5.11. The number of hydrogen-bond donors (Lipinski definition) is 2. The van der Waals surface area contributed by atoms with Gasteiger partial charge in [0.15, 0.2) is 11.0 Å². The van der Waals surface area contributed by atoms with Gasteiger partial charge in [-0.15, -0.1) is 10.2 Å². The third-order valence-electron chi connectivity index (χ3n) is 3.89. The molecular weight excluding hydrogens is 397 g/mol. The Bertz CT molecular complexity index is 1020. The maximum Gasteiger partial charge on any atom is 0.325 e. The first-order valence-corrected chi connectivity index (χ1v) is 9.48. The number of para-hydroxylation sites is 1. The Morgan fingerprint density at radius 2 is 1.86 bits per heavy atom. The zero-order valence-electron chi connectivity index (χ0n) is 15.7. The molecule has 1 heterocycles. The summed E-state index contributed by atoms with van der Waals surface area (Å²) < 4.78 is 20.4. The number of methoxy groups -OCH3 is 1. The Labute approximate surface area is 170 Å². The minimum absolute atomic E-state index is 0.0112. The number of aromatic nitrogens is 3. The molecule has 0 unspecified atom stereocenters. The largest absolute Gasteiger partial charge is 0.497 e. The summed E-state index contributed by atoms with van der Waals surface area (Å²) >= 11 is 1.13. The van der Waals surface area contributed by atoms with Crippen LogP contribution < -0.4 is 15.4 Å². The predicted octanol–water partition coefficient (Wildman–Crippen LogP) is 3.07. The Kier molecular flexibility index (Phi) is 6.45. The summed E-state index contributed by atoms with van der Waals surface area (Å²) in [4.78, 5) is 23.8. The molecule has 2 aromatic carbocycles. The van der Waals surface area contributed by atoms with Gasteiger partial charge in [-0.25, -0.2) is 9.18 Å². The molecule has 3 rings (SSSR count). The number of ether oxygens (including phenoxy) is 1. The van der Waals surface area contributed by atoms with Crippen LogP contribution in [0.1, 0.15) is 0 Å². The molecule has 2 N–H and O–H groups in total. The molecule has 0 bridgehead atoms. The normalized spacial score (nSPS) is 10.4. The summed E-state index contributed by atoms with van der Waals surface area (Å²) in [7, 11) is 3.37. The highest BCUT2D eigenvalue weighted by Gasteiger charge is 2.15. The van der Waals surface area contributed by atoms with Crippen LogP contribution in [-0.4, -0.2) is 39.6 Å². The van der Waals surface area contributed by atoms with Crippen LogP contribution in [0.2, 0.25) is 0 Å². The number of anilines is 1. The van der Waals surface area contributed by atoms with Gasteiger partial charge in [0, 0.05) is 12.6 Å². The average molecular weight is 415 g/mol. The molecule has 8 nitrogen and oxygen atoms in total. The van der Waals surface area contributed by atoms with Gasteiger partial charge in [-0.05, 0) is 36.4 Å². The van der Waals surface area contributed by atoms with Gasteiger partial charge >= 0.3 is 6.03 Å². The van der Waals surface area contributed by atoms with E-state index in [1.807, 2.05) is 24.3 Å². The number of imide groups is 1. The highest BCUT2D eigenvalue weighted by molar-refractivity contribution is 7.99. The molecule has 0 aliphatic rings. The molecule has 0 saturated heterocycles. The molecule has 0 aliphatic carbocycles. The molecule has 1 aromatic heterocycles. The second-order valence-electron chi connectivity index (χ2n) is 5.86. The number of nitrogens with one attached hydrogen (secondary N) is 2. The molecule has 3 aromatic rings. The topological polar surface area (TPSA) is 98.1 Å². The lowest BCUT2D eigenvalue weighted by Crippen LogP contribution is -2.35. The molecular formula is C19H18FN5O3S. The molecule has 0 fully saturated rings. The van der Waals surface area contributed by atoms with Crippen molar-refractivity contribution < 1.29 is 18.7 Å². The quantitative estimate of drug-likeness (QED) is 0.601. The number of benzene rings is 2. The number of rotatable bonds is 6. The van der Waals surface area contributed by atoms with Gasteiger partial charge in [0.1, 0.15) is 11.6 Å². The van der Waals surface area contributed by atoms with Gasteiger partial charge in [-0.2, -0.15) is 0 Å². The lowest BCUT2D eigenvalue weighted by atomic mass is 10.2. The van der Waals surface area contributed by atoms with Crippen LogP contribution in [0.3, 0.4) is 0 Å². The Morgan fingerprint density at radius 1 is 1.14 bits per heavy atom. The summed E-state index contributed by atoms with van der Waals surface area (Å²) in [5, 5.41) is 13.2. The molecule has 0 atom stereocenters. The first-order chi connectivity index (χ1) is 14.0. The monoisotopic (exact) mass is 415 g/mol. The fraction of sp³-hybridized carbons (Fsp3) is 0.158. The SMILES string of the molecule is COc1ccc(-c2nnc(SCC(=O)NC(=O)Nc3ccccc3F)n2C)cc1. The number of thioether (sulfide) groups is 1. The fourth-order valence-electron chi connectivity index (χ4n) is 2.44. The maximum absolute atomic E-state index is 13.5. The van der Waals surface area contributed by atoms with Gasteiger partial charge in [0.25, 0.3) is 0 Å². The minimum Gasteiger partial charge on any atom is -0.497 e. The smallest absolute Gasteiger partial charge is 0.325 e. The van der Waals surface area contributed by atoms with Gasteiger partial charge in [-0.3, -0.25) is 10.1 Å². The van der Waals surface area contributed by atoms with E-state index >= 15 is 0 Å². The van der Waals surface area contributed by atoms with E-state index < -0.39 is 17.8 Å². The highest BCUT2D eigenvalue weighted by atomic mass is 32.2. The maximum atomic E-state index is 13.5. The lowest BCUT2D eigenvalue weighted by molar-refractivity contribution is -0.117. The van der Waals surface area contributed by atoms with Crippen molar-refractivity contribution in [2.24, 2.45) is 7.05 Å². The predicted molar refractivity (Wildman–Crippen MR) is 107 cm³/mol. The van der Waals surface area contributed by atoms with Crippen molar-refractivity contribution in [1.29, 1.82) is 0 Å². The summed E-state index contributed by atoms with van der Waals surface area (Å²) in [6.07, 6.45) is 0. The number of nitrogens with zero attached hydrogens (tertiary/aromatic N) is 3. The van der Waals surface area contributed by atoms with Crippen molar-refractivity contribution in [2.75, 3.05) is 18.2 Å². The van der Waals surface area contributed by atoms with Crippen LogP contribution in [0.15, 0.2) is 53.7 Å². The van der Waals surface area contributed by atoms with E-state index in [0.29, 0.717) is 11.0 Å². The Morgan fingerprint density at radius 3 is 2.55 bits per heavy atom. The fourth-order valence-corrected chi connectivity index (χ4v) is 3.15. The zero-order chi connectivity index (χ0) is 20.8. The van der Waals surface area contributed by atoms with Gasteiger partial charge < -0.3 is 14.6 Å². The van der Waals surface area contributed by atoms with Crippen molar-refractivity contribution in [2.45, 2.75) is 5.16 Å². The summed E-state index contributed by atoms with van der Waals surface area (Å²) in [5.41, 5.74) is 0.837. The third-order valence-corrected chi connectivity index (χ3v) is 4.91. The van der Waals surface area contributed by atoms with Crippen LogP contribution in [0.25, 0.3) is 11.4 Å². The van der Waals surface area contributed by atoms with E-state index in [1.165, 1.54) is 18.2 Å². The van der Waals surface area contributed by atoms with Gasteiger partial charge in [0.05, 0.1) is 18.6 Å². The van der Waals surface area contributed by atoms with Gasteiger partial charge in [-0.1, -0.05) is 23.9 Å². The van der Waals surface area contributed by atoms with Crippen molar-refractivity contribution in [3.63, 3.8) is 0 Å². The molecule has 0 saturated carbocycles. The number of hydrogen-bond acceptors (Lipinski definition) is 6. The van der Waals surface area contributed by atoms with Crippen molar-refractivity contribution in [3.8, 4) is 17.1 Å². The summed E-state index contributed by atoms with van der Waals surface area (Å²) in [6.45, 7) is 0. The Balaban J connectivity index is 1.55. The van der Waals surface area contributed by atoms with Crippen LogP contribution in [0, 0.1) is 5.82 Å². The minimum atomic E-state index is -0.808. The van der Waals surface area contributed by atoms with E-state index in [1.54, 1.807) is 24.8 Å². The van der Waals surface area contributed by atoms with Gasteiger partial charge in [0.2, 0.25) is 5.91 Å². The molecule has 10 heteroatoms. The molecule has 150 valence electrons. The first-order valence-electron chi connectivity index (χ1n) is 8.50. The van der Waals surface area contributed by atoms with E-state index in [-0.39, 0.29) is 11.4 Å². The van der Waals surface area contributed by atoms with Crippen LogP contribution >= 0.6 is 11.8 Å². The number of amides is 3. The highest BCUT2D eigenvalue weighted by Crippen LogP contribution is 2.24. The molecule has 3 amide bonds. The lowest BCUT2D eigenvalue weighted by Gasteiger charge is -2.07. The number of halogens is 1. The standard InChI is InChI=1S/C19H18FN5O3S/c1-25-17(12-7-9-13(28-2)10-8-12)23-24-19(25)29-11-16(26)22-18(27)21-15-6-4-3-5-14(15)20/h3-10H,11H2,1-2H3,(H2,21,22,26,27). The van der Waals surface area contributed by atoms with Crippen LogP contribution in [0.5, 0.6) is 5.75 Å². The Hall–Kier alpha value is -3.40. The molecule has 0 radical (unpaired) electrons. The van der Waals surface area contributed by atoms with Crippen molar-refractivity contribution in [1.82, 2.24) is 20.1 Å². The van der Waals surface area contributed by atoms with Crippen molar-refractivity contribution in [3.05, 3.63) is 54.3 Å². The van der Waals surface area contributed by atoms with E-state index in [2.05, 4.69) is 20.8 Å². The molecule has 0 spiro atoms. The second kappa shape index (κ2) is 9.20. The zero-order valence-corrected chi connectivity index (χ0v) is 16.5. The van der Waals surface area contributed by atoms with Crippen LogP contribution in [0.4, 0.5) is 14.9 Å². The van der Waals surface area contributed by atoms with E-state index in [0.717, 1.165) is 23.1 Å². The first kappa shape index (κ1) is 20.3. The van der Waals surface area contributed by atoms with E-state index in [4.69, 9.17) is 4.74 Å². The summed E-state index contributed by atoms with van der Waals surface area (Å²) in [6, 6.07) is 12.2. The molecule has 0 aliphatic heterocycles. The average Bonchev–Trinajstić information content (AvgIpc) is 3.08. The molecule has 29 heavy (non-hydrogen) atoms. The number of carbonyl (C=O) groups excluding carboxylic acids is 2. The summed E-state index contributed by atoms with van der Waals surface area (Å²) in [5.74, 6) is 0.176. The second-order valence-corrected chi connectivity index (χ2v) is 6.81. The van der Waals surface area contributed by atoms with E-state index in [9.17, 15) is 14.0 Å². The number of carbonyl (C=O) groups is 2. The van der Waals surface area contributed by atoms with Crippen molar-refractivity contribution >= 4 is 29.4 Å². The van der Waals surface area contributed by atoms with Crippen LogP contribution in [-0.2, 0) is 11.8 Å². The number of urea groups is 1.